The van der Waals surface area contributed by atoms with Gasteiger partial charge >= 0.3 is 0 Å². The molecule has 0 aliphatic rings. The molecule has 1 heterocycles. The normalized spacial score (nSPS) is 11.5. The minimum absolute atomic E-state index is 0.0438. The van der Waals surface area contributed by atoms with Crippen molar-refractivity contribution in [2.45, 2.75) is 11.3 Å². The molecule has 7 heteroatoms. The van der Waals surface area contributed by atoms with Crippen molar-refractivity contribution in [1.29, 1.82) is 0 Å². The van der Waals surface area contributed by atoms with Gasteiger partial charge in [0.05, 0.1) is 4.90 Å². The Kier molecular flexibility index (Phi) is 5.24. The largest absolute Gasteiger partial charge is 0.440 e. The first-order chi connectivity index (χ1) is 13.9. The minimum Gasteiger partial charge on any atom is -0.440 e. The molecule has 0 unspecified atom stereocenters. The first kappa shape index (κ1) is 19.4. The Hall–Kier alpha value is -2.93. The van der Waals surface area contributed by atoms with Crippen LogP contribution in [-0.2, 0) is 16.4 Å². The van der Waals surface area contributed by atoms with Crippen LogP contribution in [0, 0.1) is 0 Å². The summed E-state index contributed by atoms with van der Waals surface area (Å²) < 4.78 is 29.2. The van der Waals surface area contributed by atoms with Gasteiger partial charge in [0.25, 0.3) is 0 Å². The quantitative estimate of drug-likeness (QED) is 0.493. The van der Waals surface area contributed by atoms with Crippen molar-refractivity contribution in [1.82, 2.24) is 4.98 Å². The molecule has 0 saturated carbocycles. The fourth-order valence-electron chi connectivity index (χ4n) is 3.01. The molecule has 4 aromatic rings. The van der Waals surface area contributed by atoms with Gasteiger partial charge in [-0.1, -0.05) is 54.1 Å². The van der Waals surface area contributed by atoms with Gasteiger partial charge in [-0.3, -0.25) is 0 Å². The van der Waals surface area contributed by atoms with E-state index in [1.165, 1.54) is 12.1 Å². The van der Waals surface area contributed by atoms with E-state index in [4.69, 9.17) is 21.2 Å². The molecular formula is C22H17ClN2O3S. The average molecular weight is 425 g/mol. The predicted molar refractivity (Wildman–Crippen MR) is 113 cm³/mol. The van der Waals surface area contributed by atoms with Gasteiger partial charge < -0.3 is 4.42 Å². The summed E-state index contributed by atoms with van der Waals surface area (Å²) in [6.07, 6.45) is 0.538. The molecule has 0 spiro atoms. The second-order valence-corrected chi connectivity index (χ2v) is 8.52. The summed E-state index contributed by atoms with van der Waals surface area (Å²) in [5.41, 5.74) is 3.25. The summed E-state index contributed by atoms with van der Waals surface area (Å²) in [5.74, 6) is 1.16. The van der Waals surface area contributed by atoms with Gasteiger partial charge in [-0.25, -0.2) is 18.5 Å². The van der Waals surface area contributed by atoms with Gasteiger partial charge in [0.1, 0.15) is 5.69 Å². The molecular weight excluding hydrogens is 408 g/mol. The molecule has 5 nitrogen and oxygen atoms in total. The average Bonchev–Trinajstić information content (AvgIpc) is 3.12. The molecule has 0 fully saturated rings. The van der Waals surface area contributed by atoms with E-state index < -0.39 is 10.0 Å². The third kappa shape index (κ3) is 4.40. The Balaban J connectivity index is 1.79. The fraction of sp³-hybridized carbons (Fsp3) is 0.0455. The van der Waals surface area contributed by atoms with E-state index in [-0.39, 0.29) is 4.90 Å². The lowest BCUT2D eigenvalue weighted by molar-refractivity contribution is 0.519. The Labute approximate surface area is 173 Å². The number of benzene rings is 3. The summed E-state index contributed by atoms with van der Waals surface area (Å²) in [7, 11) is -3.76. The van der Waals surface area contributed by atoms with E-state index in [9.17, 15) is 8.42 Å². The monoisotopic (exact) mass is 424 g/mol. The second kappa shape index (κ2) is 7.83. The molecule has 0 aliphatic heterocycles. The van der Waals surface area contributed by atoms with Crippen molar-refractivity contribution in [3.05, 3.63) is 95.3 Å². The number of sulfonamides is 1. The molecule has 0 saturated heterocycles. The Morgan fingerprint density at radius 2 is 1.48 bits per heavy atom. The lowest BCUT2D eigenvalue weighted by atomic mass is 10.1. The standard InChI is InChI=1S/C22H17ClN2O3S/c23-18-10-6-17(7-11-18)22-21(16-8-12-19(13-9-16)29(24,26)27)25-20(28-22)14-15-4-2-1-3-5-15/h1-13H,14H2,(H2,24,26,27). The molecule has 0 aliphatic carbocycles. The van der Waals surface area contributed by atoms with Gasteiger partial charge in [-0.05, 0) is 42.0 Å². The number of aromatic nitrogens is 1. The van der Waals surface area contributed by atoms with E-state index in [0.29, 0.717) is 28.8 Å². The predicted octanol–water partition coefficient (Wildman–Crippen LogP) is 4.90. The number of rotatable bonds is 5. The summed E-state index contributed by atoms with van der Waals surface area (Å²) in [4.78, 5) is 4.73. The zero-order chi connectivity index (χ0) is 20.4. The molecule has 146 valence electrons. The maximum absolute atomic E-state index is 11.5. The van der Waals surface area contributed by atoms with Gasteiger partial charge in [-0.2, -0.15) is 0 Å². The second-order valence-electron chi connectivity index (χ2n) is 6.52. The van der Waals surface area contributed by atoms with E-state index >= 15 is 0 Å². The van der Waals surface area contributed by atoms with Gasteiger partial charge in [0.15, 0.2) is 11.7 Å². The van der Waals surface area contributed by atoms with Crippen LogP contribution < -0.4 is 5.14 Å². The first-order valence-electron chi connectivity index (χ1n) is 8.83. The summed E-state index contributed by atoms with van der Waals surface area (Å²) in [5, 5.41) is 5.82. The van der Waals surface area contributed by atoms with E-state index in [2.05, 4.69) is 4.98 Å². The van der Waals surface area contributed by atoms with Crippen LogP contribution in [-0.4, -0.2) is 13.4 Å². The molecule has 0 amide bonds. The Morgan fingerprint density at radius 3 is 2.10 bits per heavy atom. The fourth-order valence-corrected chi connectivity index (χ4v) is 3.65. The molecule has 4 rings (SSSR count). The van der Waals surface area contributed by atoms with E-state index in [1.54, 1.807) is 24.3 Å². The van der Waals surface area contributed by atoms with Crippen molar-refractivity contribution < 1.29 is 12.8 Å². The van der Waals surface area contributed by atoms with Crippen LogP contribution in [0.2, 0.25) is 5.02 Å². The zero-order valence-corrected chi connectivity index (χ0v) is 16.8. The molecule has 2 N–H and O–H groups in total. The molecule has 29 heavy (non-hydrogen) atoms. The van der Waals surface area contributed by atoms with Crippen LogP contribution in [0.1, 0.15) is 11.5 Å². The maximum Gasteiger partial charge on any atom is 0.238 e. The smallest absolute Gasteiger partial charge is 0.238 e. The summed E-state index contributed by atoms with van der Waals surface area (Å²) >= 11 is 6.01. The first-order valence-corrected chi connectivity index (χ1v) is 10.8. The number of halogens is 1. The molecule has 0 bridgehead atoms. The van der Waals surface area contributed by atoms with E-state index in [1.807, 2.05) is 42.5 Å². The minimum atomic E-state index is -3.76. The van der Waals surface area contributed by atoms with Crippen LogP contribution in [0.5, 0.6) is 0 Å². The van der Waals surface area contributed by atoms with Gasteiger partial charge in [-0.15, -0.1) is 0 Å². The number of nitrogens with two attached hydrogens (primary N) is 1. The van der Waals surface area contributed by atoms with E-state index in [0.717, 1.165) is 16.7 Å². The Bertz CT molecular complexity index is 1230. The third-order valence-corrected chi connectivity index (χ3v) is 5.61. The van der Waals surface area contributed by atoms with Crippen molar-refractivity contribution in [2.75, 3.05) is 0 Å². The lowest BCUT2D eigenvalue weighted by Crippen LogP contribution is -2.11. The topological polar surface area (TPSA) is 86.2 Å². The highest BCUT2D eigenvalue weighted by Gasteiger charge is 2.18. The van der Waals surface area contributed by atoms with Crippen molar-refractivity contribution in [3.8, 4) is 22.6 Å². The van der Waals surface area contributed by atoms with Crippen LogP contribution in [0.3, 0.4) is 0 Å². The van der Waals surface area contributed by atoms with Crippen LogP contribution in [0.4, 0.5) is 0 Å². The van der Waals surface area contributed by atoms with Crippen LogP contribution in [0.25, 0.3) is 22.6 Å². The van der Waals surface area contributed by atoms with Gasteiger partial charge in [0, 0.05) is 22.6 Å². The van der Waals surface area contributed by atoms with Crippen molar-refractivity contribution in [2.24, 2.45) is 5.14 Å². The molecule has 3 aromatic carbocycles. The maximum atomic E-state index is 11.5. The van der Waals surface area contributed by atoms with Gasteiger partial charge in [0.2, 0.25) is 10.0 Å². The highest BCUT2D eigenvalue weighted by Crippen LogP contribution is 2.34. The van der Waals surface area contributed by atoms with Crippen molar-refractivity contribution >= 4 is 21.6 Å². The third-order valence-electron chi connectivity index (χ3n) is 4.43. The highest BCUT2D eigenvalue weighted by atomic mass is 35.5. The highest BCUT2D eigenvalue weighted by molar-refractivity contribution is 7.89. The van der Waals surface area contributed by atoms with Crippen LogP contribution >= 0.6 is 11.6 Å². The number of oxazole rings is 1. The molecule has 0 radical (unpaired) electrons. The molecule has 1 aromatic heterocycles. The van der Waals surface area contributed by atoms with Crippen LogP contribution in [0.15, 0.2) is 88.2 Å². The SMILES string of the molecule is NS(=O)(=O)c1ccc(-c2nc(Cc3ccccc3)oc2-c2ccc(Cl)cc2)cc1. The zero-order valence-electron chi connectivity index (χ0n) is 15.2. The number of hydrogen-bond donors (Lipinski definition) is 1. The number of hydrogen-bond acceptors (Lipinski definition) is 4. The Morgan fingerprint density at radius 1 is 0.862 bits per heavy atom. The van der Waals surface area contributed by atoms with Crippen molar-refractivity contribution in [3.63, 3.8) is 0 Å². The number of primary sulfonamides is 1. The summed E-state index contributed by atoms with van der Waals surface area (Å²) in [6.45, 7) is 0. The number of nitrogens with zero attached hydrogens (tertiary/aromatic N) is 1. The molecule has 0 atom stereocenters. The summed E-state index contributed by atoms with van der Waals surface area (Å²) in [6, 6.07) is 23.4. The lowest BCUT2D eigenvalue weighted by Gasteiger charge is -2.03.